The number of carboxylic acid groups (broad SMARTS) is 1. The molecule has 1 aromatic heterocycles. The highest BCUT2D eigenvalue weighted by Crippen LogP contribution is 2.21. The number of aromatic amines is 1. The van der Waals surface area contributed by atoms with Crippen LogP contribution < -0.4 is 5.56 Å². The Morgan fingerprint density at radius 1 is 1.11 bits per heavy atom. The second-order valence-electron chi connectivity index (χ2n) is 3.52. The summed E-state index contributed by atoms with van der Waals surface area (Å²) in [4.78, 5) is 24.3. The summed E-state index contributed by atoms with van der Waals surface area (Å²) in [7, 11) is 0. The molecule has 92 valence electrons. The van der Waals surface area contributed by atoms with E-state index in [1.165, 1.54) is 12.1 Å². The van der Waals surface area contributed by atoms with Crippen LogP contribution in [0.2, 0.25) is 0 Å². The van der Waals surface area contributed by atoms with Crippen LogP contribution in [-0.2, 0) is 0 Å². The van der Waals surface area contributed by atoms with Crippen molar-refractivity contribution < 1.29 is 18.7 Å². The summed E-state index contributed by atoms with van der Waals surface area (Å²) in [6, 6.07) is 5.68. The summed E-state index contributed by atoms with van der Waals surface area (Å²) in [5, 5.41) is 8.67. The van der Waals surface area contributed by atoms with Crippen molar-refractivity contribution in [3.05, 3.63) is 58.0 Å². The first-order valence-electron chi connectivity index (χ1n) is 4.91. The van der Waals surface area contributed by atoms with Crippen molar-refractivity contribution in [2.45, 2.75) is 0 Å². The zero-order chi connectivity index (χ0) is 13.3. The summed E-state index contributed by atoms with van der Waals surface area (Å²) < 4.78 is 26.5. The van der Waals surface area contributed by atoms with Crippen molar-refractivity contribution in [3.8, 4) is 11.1 Å². The van der Waals surface area contributed by atoms with E-state index in [4.69, 9.17) is 5.11 Å². The maximum Gasteiger partial charge on any atom is 0.352 e. The van der Waals surface area contributed by atoms with Crippen LogP contribution >= 0.6 is 0 Å². The highest BCUT2D eigenvalue weighted by Gasteiger charge is 2.14. The molecule has 0 saturated carbocycles. The summed E-state index contributed by atoms with van der Waals surface area (Å²) in [6.07, 6.45) is 0. The first kappa shape index (κ1) is 12.0. The maximum atomic E-state index is 13.5. The van der Waals surface area contributed by atoms with Crippen LogP contribution in [0, 0.1) is 11.6 Å². The lowest BCUT2D eigenvalue weighted by atomic mass is 10.1. The highest BCUT2D eigenvalue weighted by molar-refractivity contribution is 5.85. The molecule has 6 heteroatoms. The van der Waals surface area contributed by atoms with Crippen LogP contribution in [0.3, 0.4) is 0 Å². The van der Waals surface area contributed by atoms with Crippen molar-refractivity contribution >= 4 is 5.97 Å². The van der Waals surface area contributed by atoms with Gasteiger partial charge in [0.2, 0.25) is 0 Å². The molecule has 18 heavy (non-hydrogen) atoms. The van der Waals surface area contributed by atoms with Gasteiger partial charge in [0, 0.05) is 5.56 Å². The molecule has 0 unspecified atom stereocenters. The molecule has 0 aliphatic heterocycles. The fraction of sp³-hybridized carbons (Fsp3) is 0. The van der Waals surface area contributed by atoms with E-state index in [1.54, 1.807) is 0 Å². The number of rotatable bonds is 2. The van der Waals surface area contributed by atoms with Gasteiger partial charge < -0.3 is 10.1 Å². The molecular weight excluding hydrogens is 244 g/mol. The molecule has 1 aromatic carbocycles. The Morgan fingerprint density at radius 2 is 1.83 bits per heavy atom. The molecule has 0 atom stereocenters. The van der Waals surface area contributed by atoms with Crippen molar-refractivity contribution in [1.82, 2.24) is 4.98 Å². The van der Waals surface area contributed by atoms with Crippen molar-refractivity contribution in [1.29, 1.82) is 0 Å². The zero-order valence-electron chi connectivity index (χ0n) is 8.91. The molecular formula is C12H7F2NO3. The predicted molar refractivity (Wildman–Crippen MR) is 59.4 cm³/mol. The van der Waals surface area contributed by atoms with E-state index in [0.29, 0.717) is 0 Å². The van der Waals surface area contributed by atoms with Gasteiger partial charge in [-0.15, -0.1) is 0 Å². The number of carbonyl (C=O) groups is 1. The molecule has 0 fully saturated rings. The quantitative estimate of drug-likeness (QED) is 0.857. The summed E-state index contributed by atoms with van der Waals surface area (Å²) in [6.45, 7) is 0. The van der Waals surface area contributed by atoms with Gasteiger partial charge in [-0.2, -0.15) is 0 Å². The molecule has 0 spiro atoms. The fourth-order valence-electron chi connectivity index (χ4n) is 1.52. The van der Waals surface area contributed by atoms with Gasteiger partial charge in [-0.05, 0) is 18.2 Å². The van der Waals surface area contributed by atoms with E-state index in [-0.39, 0.29) is 16.8 Å². The third-order valence-corrected chi connectivity index (χ3v) is 2.38. The molecule has 0 saturated heterocycles. The Labute approximate surface area is 99.5 Å². The van der Waals surface area contributed by atoms with E-state index in [9.17, 15) is 18.4 Å². The molecule has 2 rings (SSSR count). The van der Waals surface area contributed by atoms with Crippen LogP contribution in [0.1, 0.15) is 10.5 Å². The van der Waals surface area contributed by atoms with E-state index >= 15 is 0 Å². The normalized spacial score (nSPS) is 10.3. The number of pyridine rings is 1. The van der Waals surface area contributed by atoms with Crippen LogP contribution in [-0.4, -0.2) is 16.1 Å². The van der Waals surface area contributed by atoms with Crippen molar-refractivity contribution in [3.63, 3.8) is 0 Å². The van der Waals surface area contributed by atoms with Gasteiger partial charge in [-0.25, -0.2) is 13.6 Å². The van der Waals surface area contributed by atoms with E-state index < -0.39 is 23.2 Å². The highest BCUT2D eigenvalue weighted by atomic mass is 19.2. The number of hydrogen-bond acceptors (Lipinski definition) is 2. The van der Waals surface area contributed by atoms with Gasteiger partial charge in [0.15, 0.2) is 11.6 Å². The van der Waals surface area contributed by atoms with Gasteiger partial charge >= 0.3 is 5.97 Å². The van der Waals surface area contributed by atoms with Gasteiger partial charge in [0.1, 0.15) is 5.69 Å². The second-order valence-corrected chi connectivity index (χ2v) is 3.52. The molecule has 4 nitrogen and oxygen atoms in total. The van der Waals surface area contributed by atoms with Gasteiger partial charge in [0.25, 0.3) is 5.56 Å². The van der Waals surface area contributed by atoms with Crippen LogP contribution in [0.4, 0.5) is 8.78 Å². The smallest absolute Gasteiger partial charge is 0.352 e. The molecule has 0 radical (unpaired) electrons. The molecule has 1 heterocycles. The number of aromatic nitrogens is 1. The molecule has 2 aromatic rings. The third-order valence-electron chi connectivity index (χ3n) is 2.38. The Bertz CT molecular complexity index is 679. The van der Waals surface area contributed by atoms with E-state index in [1.807, 2.05) is 0 Å². The number of benzene rings is 1. The first-order chi connectivity index (χ1) is 8.50. The van der Waals surface area contributed by atoms with Gasteiger partial charge in [-0.1, -0.05) is 12.1 Å². The number of hydrogen-bond donors (Lipinski definition) is 2. The average Bonchev–Trinajstić information content (AvgIpc) is 2.33. The largest absolute Gasteiger partial charge is 0.477 e. The zero-order valence-corrected chi connectivity index (χ0v) is 8.91. The summed E-state index contributed by atoms with van der Waals surface area (Å²) >= 11 is 0. The Morgan fingerprint density at radius 3 is 2.44 bits per heavy atom. The minimum Gasteiger partial charge on any atom is -0.477 e. The van der Waals surface area contributed by atoms with Crippen LogP contribution in [0.5, 0.6) is 0 Å². The topological polar surface area (TPSA) is 70.2 Å². The SMILES string of the molecule is O=C(O)c1ccc(-c2cccc(F)c2F)c(=O)[nH]1. The van der Waals surface area contributed by atoms with Crippen molar-refractivity contribution in [2.75, 3.05) is 0 Å². The van der Waals surface area contributed by atoms with Gasteiger partial charge in [-0.3, -0.25) is 4.79 Å². The van der Waals surface area contributed by atoms with Crippen LogP contribution in [0.25, 0.3) is 11.1 Å². The molecule has 0 aliphatic carbocycles. The lowest BCUT2D eigenvalue weighted by Crippen LogP contribution is -2.14. The lowest BCUT2D eigenvalue weighted by Gasteiger charge is -2.03. The number of halogens is 2. The molecule has 0 aliphatic rings. The van der Waals surface area contributed by atoms with Crippen LogP contribution in [0.15, 0.2) is 35.1 Å². The third kappa shape index (κ3) is 2.00. The van der Waals surface area contributed by atoms with Gasteiger partial charge in [0.05, 0.1) is 5.56 Å². The molecule has 0 amide bonds. The summed E-state index contributed by atoms with van der Waals surface area (Å²) in [5.41, 5.74) is -1.45. The van der Waals surface area contributed by atoms with E-state index in [2.05, 4.69) is 4.98 Å². The average molecular weight is 251 g/mol. The number of carboxylic acids is 1. The fourth-order valence-corrected chi connectivity index (χ4v) is 1.52. The Balaban J connectivity index is 2.62. The second kappa shape index (κ2) is 4.40. The monoisotopic (exact) mass is 251 g/mol. The summed E-state index contributed by atoms with van der Waals surface area (Å²) in [5.74, 6) is -3.53. The molecule has 0 bridgehead atoms. The predicted octanol–water partition coefficient (Wildman–Crippen LogP) is 2.02. The Hall–Kier alpha value is -2.50. The minimum absolute atomic E-state index is 0.128. The minimum atomic E-state index is -1.31. The van der Waals surface area contributed by atoms with Crippen molar-refractivity contribution in [2.24, 2.45) is 0 Å². The first-order valence-corrected chi connectivity index (χ1v) is 4.91. The maximum absolute atomic E-state index is 13.5. The number of nitrogens with one attached hydrogen (secondary N) is 1. The standard InChI is InChI=1S/C12H7F2NO3/c13-8-3-1-2-6(10(8)14)7-4-5-9(12(17)18)15-11(7)16/h1-5H,(H,15,16)(H,17,18). The van der Waals surface area contributed by atoms with E-state index in [0.717, 1.165) is 18.2 Å². The number of aromatic carboxylic acids is 1. The Kier molecular flexibility index (Phi) is 2.93. The lowest BCUT2D eigenvalue weighted by molar-refractivity contribution is 0.0690. The number of H-pyrrole nitrogens is 1. The molecule has 2 N–H and O–H groups in total.